The molecule has 0 radical (unpaired) electrons. The van der Waals surface area contributed by atoms with E-state index in [1.54, 1.807) is 11.3 Å². The van der Waals surface area contributed by atoms with Gasteiger partial charge in [0.2, 0.25) is 5.91 Å². The van der Waals surface area contributed by atoms with Gasteiger partial charge in [-0.1, -0.05) is 18.5 Å². The first kappa shape index (κ1) is 12.5. The number of primary amides is 1. The zero-order valence-corrected chi connectivity index (χ0v) is 10.4. The van der Waals surface area contributed by atoms with Gasteiger partial charge in [0.1, 0.15) is 0 Å². The van der Waals surface area contributed by atoms with Gasteiger partial charge in [0.15, 0.2) is 0 Å². The van der Waals surface area contributed by atoms with Crippen molar-refractivity contribution in [2.45, 2.75) is 19.9 Å². The number of carbonyl (C=O) groups excluding carboxylic acids is 1. The number of nitrogens with one attached hydrogen (secondary N) is 1. The van der Waals surface area contributed by atoms with Crippen molar-refractivity contribution in [2.75, 3.05) is 6.54 Å². The Bertz CT molecular complexity index is 340. The summed E-state index contributed by atoms with van der Waals surface area (Å²) in [5.41, 5.74) is 5.17. The highest BCUT2D eigenvalue weighted by molar-refractivity contribution is 7.16. The fourth-order valence-corrected chi connectivity index (χ4v) is 2.20. The molecule has 1 heterocycles. The van der Waals surface area contributed by atoms with E-state index in [-0.39, 0.29) is 17.9 Å². The van der Waals surface area contributed by atoms with E-state index in [2.05, 4.69) is 5.32 Å². The number of halogens is 1. The highest BCUT2D eigenvalue weighted by atomic mass is 35.5. The molecule has 0 aromatic carbocycles. The maximum atomic E-state index is 10.8. The lowest BCUT2D eigenvalue weighted by atomic mass is 10.1. The third-order valence-corrected chi connectivity index (χ3v) is 3.65. The van der Waals surface area contributed by atoms with Gasteiger partial charge in [0, 0.05) is 23.4 Å². The first-order valence-electron chi connectivity index (χ1n) is 4.78. The molecule has 0 aliphatic carbocycles. The molecule has 5 heteroatoms. The minimum absolute atomic E-state index is 0.150. The average Bonchev–Trinajstić information content (AvgIpc) is 2.60. The lowest BCUT2D eigenvalue weighted by Gasteiger charge is -2.14. The molecule has 0 saturated carbocycles. The molecule has 0 aliphatic heterocycles. The predicted molar refractivity (Wildman–Crippen MR) is 64.1 cm³/mol. The van der Waals surface area contributed by atoms with E-state index in [9.17, 15) is 4.79 Å². The Labute approximate surface area is 98.6 Å². The van der Waals surface area contributed by atoms with Crippen LogP contribution in [0.1, 0.15) is 24.8 Å². The van der Waals surface area contributed by atoms with Crippen LogP contribution in [0.3, 0.4) is 0 Å². The van der Waals surface area contributed by atoms with Crippen LogP contribution in [0.5, 0.6) is 0 Å². The van der Waals surface area contributed by atoms with Gasteiger partial charge >= 0.3 is 0 Å². The molecule has 1 aromatic heterocycles. The van der Waals surface area contributed by atoms with E-state index in [1.165, 1.54) is 0 Å². The van der Waals surface area contributed by atoms with Crippen molar-refractivity contribution in [3.63, 3.8) is 0 Å². The van der Waals surface area contributed by atoms with Crippen molar-refractivity contribution >= 4 is 28.8 Å². The molecular formula is C10H15ClN2OS. The molecule has 2 unspecified atom stereocenters. The maximum absolute atomic E-state index is 10.8. The van der Waals surface area contributed by atoms with Gasteiger partial charge in [0.05, 0.1) is 4.34 Å². The number of rotatable bonds is 5. The van der Waals surface area contributed by atoms with Crippen LogP contribution in [0.25, 0.3) is 0 Å². The SMILES string of the molecule is CC(CNC(C)c1ccc(Cl)s1)C(N)=O. The largest absolute Gasteiger partial charge is 0.369 e. The fraction of sp³-hybridized carbons (Fsp3) is 0.500. The smallest absolute Gasteiger partial charge is 0.221 e. The maximum Gasteiger partial charge on any atom is 0.221 e. The molecule has 0 bridgehead atoms. The fourth-order valence-electron chi connectivity index (χ4n) is 1.12. The topological polar surface area (TPSA) is 55.1 Å². The van der Waals surface area contributed by atoms with Gasteiger partial charge in [-0.2, -0.15) is 0 Å². The second kappa shape index (κ2) is 5.49. The molecule has 3 N–H and O–H groups in total. The summed E-state index contributed by atoms with van der Waals surface area (Å²) in [7, 11) is 0. The second-order valence-electron chi connectivity index (χ2n) is 3.58. The van der Waals surface area contributed by atoms with Gasteiger partial charge in [-0.15, -0.1) is 11.3 Å². The molecule has 3 nitrogen and oxygen atoms in total. The monoisotopic (exact) mass is 246 g/mol. The number of nitrogens with two attached hydrogens (primary N) is 1. The van der Waals surface area contributed by atoms with E-state index in [1.807, 2.05) is 26.0 Å². The van der Waals surface area contributed by atoms with Crippen molar-refractivity contribution in [1.82, 2.24) is 5.32 Å². The Morgan fingerprint density at radius 1 is 1.60 bits per heavy atom. The molecular weight excluding hydrogens is 232 g/mol. The van der Waals surface area contributed by atoms with Gasteiger partial charge in [-0.25, -0.2) is 0 Å². The van der Waals surface area contributed by atoms with Crippen LogP contribution in [0.4, 0.5) is 0 Å². The summed E-state index contributed by atoms with van der Waals surface area (Å²) in [6.07, 6.45) is 0. The van der Waals surface area contributed by atoms with Gasteiger partial charge in [-0.05, 0) is 19.1 Å². The molecule has 15 heavy (non-hydrogen) atoms. The Kier molecular flexibility index (Phi) is 4.57. The molecule has 0 fully saturated rings. The van der Waals surface area contributed by atoms with Crippen molar-refractivity contribution in [3.8, 4) is 0 Å². The number of hydrogen-bond donors (Lipinski definition) is 2. The third-order valence-electron chi connectivity index (χ3n) is 2.24. The lowest BCUT2D eigenvalue weighted by Crippen LogP contribution is -2.32. The average molecular weight is 247 g/mol. The van der Waals surface area contributed by atoms with E-state index >= 15 is 0 Å². The third kappa shape index (κ3) is 3.81. The van der Waals surface area contributed by atoms with Crippen molar-refractivity contribution < 1.29 is 4.79 Å². The Hall–Kier alpha value is -0.580. The van der Waals surface area contributed by atoms with Crippen LogP contribution < -0.4 is 11.1 Å². The number of thiophene rings is 1. The molecule has 2 atom stereocenters. The minimum Gasteiger partial charge on any atom is -0.369 e. The van der Waals surface area contributed by atoms with E-state index in [4.69, 9.17) is 17.3 Å². The van der Waals surface area contributed by atoms with Crippen LogP contribution in [-0.4, -0.2) is 12.5 Å². The highest BCUT2D eigenvalue weighted by Gasteiger charge is 2.12. The second-order valence-corrected chi connectivity index (χ2v) is 5.32. The molecule has 0 aliphatic rings. The number of amides is 1. The number of hydrogen-bond acceptors (Lipinski definition) is 3. The zero-order chi connectivity index (χ0) is 11.4. The van der Waals surface area contributed by atoms with Crippen molar-refractivity contribution in [1.29, 1.82) is 0 Å². The standard InChI is InChI=1S/C10H15ClN2OS/c1-6(10(12)14)5-13-7(2)8-3-4-9(11)15-8/h3-4,6-7,13H,5H2,1-2H3,(H2,12,14). The number of carbonyl (C=O) groups is 1. The normalized spacial score (nSPS) is 14.9. The summed E-state index contributed by atoms with van der Waals surface area (Å²) in [5.74, 6) is -0.429. The van der Waals surface area contributed by atoms with E-state index < -0.39 is 0 Å². The Balaban J connectivity index is 2.43. The lowest BCUT2D eigenvalue weighted by molar-refractivity contribution is -0.121. The first-order chi connectivity index (χ1) is 7.00. The molecule has 1 rings (SSSR count). The Morgan fingerprint density at radius 3 is 2.73 bits per heavy atom. The molecule has 84 valence electrons. The van der Waals surface area contributed by atoms with Gasteiger partial charge < -0.3 is 11.1 Å². The van der Waals surface area contributed by atoms with Gasteiger partial charge in [0.25, 0.3) is 0 Å². The minimum atomic E-state index is -0.279. The molecule has 0 spiro atoms. The van der Waals surface area contributed by atoms with E-state index in [0.29, 0.717) is 6.54 Å². The van der Waals surface area contributed by atoms with Crippen LogP contribution >= 0.6 is 22.9 Å². The summed E-state index contributed by atoms with van der Waals surface area (Å²) in [4.78, 5) is 12.0. The first-order valence-corrected chi connectivity index (χ1v) is 5.98. The molecule has 1 amide bonds. The van der Waals surface area contributed by atoms with Crippen LogP contribution in [0, 0.1) is 5.92 Å². The quantitative estimate of drug-likeness (QED) is 0.837. The zero-order valence-electron chi connectivity index (χ0n) is 8.79. The summed E-state index contributed by atoms with van der Waals surface area (Å²) >= 11 is 7.38. The van der Waals surface area contributed by atoms with Crippen LogP contribution in [0.15, 0.2) is 12.1 Å². The van der Waals surface area contributed by atoms with Crippen molar-refractivity contribution in [3.05, 3.63) is 21.3 Å². The molecule has 0 saturated heterocycles. The van der Waals surface area contributed by atoms with Gasteiger partial charge in [-0.3, -0.25) is 4.79 Å². The van der Waals surface area contributed by atoms with E-state index in [0.717, 1.165) is 9.21 Å². The predicted octanol–water partition coefficient (Wildman–Crippen LogP) is 2.17. The van der Waals surface area contributed by atoms with Crippen LogP contribution in [0.2, 0.25) is 4.34 Å². The summed E-state index contributed by atoms with van der Waals surface area (Å²) in [6.45, 7) is 4.44. The summed E-state index contributed by atoms with van der Waals surface area (Å²) in [6, 6.07) is 4.06. The molecule has 1 aromatic rings. The summed E-state index contributed by atoms with van der Waals surface area (Å²) in [5, 5.41) is 3.24. The Morgan fingerprint density at radius 2 is 2.27 bits per heavy atom. The highest BCUT2D eigenvalue weighted by Crippen LogP contribution is 2.26. The summed E-state index contributed by atoms with van der Waals surface area (Å²) < 4.78 is 0.779. The van der Waals surface area contributed by atoms with Crippen LogP contribution in [-0.2, 0) is 4.79 Å². The van der Waals surface area contributed by atoms with Crippen molar-refractivity contribution in [2.24, 2.45) is 11.7 Å².